The molecule has 9 heteroatoms. The summed E-state index contributed by atoms with van der Waals surface area (Å²) in [5.74, 6) is 0.377. The van der Waals surface area contributed by atoms with Gasteiger partial charge in [-0.3, -0.25) is 10.1 Å². The largest absolute Gasteiger partial charge is 0.497 e. The number of nitrogens with zero attached hydrogens (tertiary/aromatic N) is 3. The minimum atomic E-state index is -0.581. The lowest BCUT2D eigenvalue weighted by molar-refractivity contribution is -0.385. The Kier molecular flexibility index (Phi) is 3.51. The third kappa shape index (κ3) is 2.83. The average Bonchev–Trinajstić information content (AvgIpc) is 2.37. The van der Waals surface area contributed by atoms with E-state index in [1.54, 1.807) is 0 Å². The van der Waals surface area contributed by atoms with Gasteiger partial charge >= 0.3 is 5.69 Å². The molecule has 2 aromatic rings. The van der Waals surface area contributed by atoms with Crippen LogP contribution >= 0.6 is 0 Å². The first-order valence-corrected chi connectivity index (χ1v) is 5.40. The van der Waals surface area contributed by atoms with E-state index in [2.05, 4.69) is 9.97 Å². The van der Waals surface area contributed by atoms with Crippen LogP contribution in [0.5, 0.6) is 17.4 Å². The molecule has 0 aliphatic rings. The van der Waals surface area contributed by atoms with E-state index < -0.39 is 4.92 Å². The minimum absolute atomic E-state index is 0.00588. The highest BCUT2D eigenvalue weighted by atomic mass is 16.6. The van der Waals surface area contributed by atoms with Crippen LogP contribution in [0.4, 0.5) is 17.5 Å². The number of aromatic nitrogens is 2. The molecule has 0 saturated heterocycles. The molecule has 0 radical (unpaired) electrons. The summed E-state index contributed by atoms with van der Waals surface area (Å²) >= 11 is 0. The number of methoxy groups -OCH3 is 1. The zero-order valence-electron chi connectivity index (χ0n) is 10.4. The van der Waals surface area contributed by atoms with Gasteiger partial charge in [-0.2, -0.15) is 9.97 Å². The maximum absolute atomic E-state index is 10.9. The van der Waals surface area contributed by atoms with Crippen molar-refractivity contribution >= 4 is 17.5 Å². The van der Waals surface area contributed by atoms with Gasteiger partial charge in [-0.15, -0.1) is 0 Å². The van der Waals surface area contributed by atoms with Crippen LogP contribution in [0.25, 0.3) is 0 Å². The molecule has 9 nitrogen and oxygen atoms in total. The van der Waals surface area contributed by atoms with E-state index in [1.807, 2.05) is 0 Å². The summed E-state index contributed by atoms with van der Waals surface area (Å²) in [6, 6.07) is 5.39. The van der Waals surface area contributed by atoms with E-state index in [0.717, 1.165) is 0 Å². The highest BCUT2D eigenvalue weighted by molar-refractivity contribution is 5.52. The summed E-state index contributed by atoms with van der Waals surface area (Å²) in [6.45, 7) is 0. The Morgan fingerprint density at radius 1 is 1.25 bits per heavy atom. The second-order valence-electron chi connectivity index (χ2n) is 3.68. The van der Waals surface area contributed by atoms with E-state index in [1.165, 1.54) is 31.4 Å². The standard InChI is InChI=1S/C11H11N5O4/c1-19-6-2-3-7(16(17)18)8(4-6)20-10-5-9(12)14-11(13)15-10/h2-5H,1H3,(H4,12,13,14,15). The molecule has 0 fully saturated rings. The van der Waals surface area contributed by atoms with Gasteiger partial charge in [-0.05, 0) is 6.07 Å². The Hall–Kier alpha value is -3.10. The Morgan fingerprint density at radius 2 is 2.00 bits per heavy atom. The van der Waals surface area contributed by atoms with Gasteiger partial charge in [0.05, 0.1) is 12.0 Å². The van der Waals surface area contributed by atoms with Gasteiger partial charge in [0.1, 0.15) is 11.6 Å². The molecule has 0 unspecified atom stereocenters. The van der Waals surface area contributed by atoms with Crippen molar-refractivity contribution < 1.29 is 14.4 Å². The molecule has 104 valence electrons. The van der Waals surface area contributed by atoms with Crippen molar-refractivity contribution in [3.8, 4) is 17.4 Å². The summed E-state index contributed by atoms with van der Waals surface area (Å²) in [6.07, 6.45) is 0. The summed E-state index contributed by atoms with van der Waals surface area (Å²) in [5.41, 5.74) is 10.7. The third-order valence-corrected chi connectivity index (χ3v) is 2.32. The Morgan fingerprint density at radius 3 is 2.60 bits per heavy atom. The number of nitrogens with two attached hydrogens (primary N) is 2. The molecule has 0 spiro atoms. The zero-order chi connectivity index (χ0) is 14.7. The number of ether oxygens (including phenoxy) is 2. The van der Waals surface area contributed by atoms with Crippen LogP contribution < -0.4 is 20.9 Å². The number of hydrogen-bond acceptors (Lipinski definition) is 8. The van der Waals surface area contributed by atoms with Crippen molar-refractivity contribution in [1.82, 2.24) is 9.97 Å². The number of nitro benzene ring substituents is 1. The predicted molar refractivity (Wildman–Crippen MR) is 70.6 cm³/mol. The molecule has 0 saturated carbocycles. The van der Waals surface area contributed by atoms with E-state index >= 15 is 0 Å². The van der Waals surface area contributed by atoms with Crippen LogP contribution in [0.3, 0.4) is 0 Å². The second kappa shape index (κ2) is 5.26. The molecule has 4 N–H and O–H groups in total. The van der Waals surface area contributed by atoms with Crippen LogP contribution in [-0.2, 0) is 0 Å². The molecule has 1 aromatic heterocycles. The molecule has 1 heterocycles. The van der Waals surface area contributed by atoms with Gasteiger partial charge in [0.15, 0.2) is 0 Å². The van der Waals surface area contributed by atoms with E-state index in [0.29, 0.717) is 5.75 Å². The minimum Gasteiger partial charge on any atom is -0.497 e. The molecule has 0 atom stereocenters. The Bertz CT molecular complexity index is 641. The fourth-order valence-electron chi connectivity index (χ4n) is 1.48. The van der Waals surface area contributed by atoms with Crippen LogP contribution in [-0.4, -0.2) is 22.0 Å². The van der Waals surface area contributed by atoms with Crippen molar-refractivity contribution in [3.63, 3.8) is 0 Å². The highest BCUT2D eigenvalue weighted by Crippen LogP contribution is 2.34. The molecular weight excluding hydrogens is 266 g/mol. The summed E-state index contributed by atoms with van der Waals surface area (Å²) in [4.78, 5) is 17.8. The highest BCUT2D eigenvalue weighted by Gasteiger charge is 2.17. The summed E-state index contributed by atoms with van der Waals surface area (Å²) in [7, 11) is 1.44. The fraction of sp³-hybridized carbons (Fsp3) is 0.0909. The number of nitro groups is 1. The maximum atomic E-state index is 10.9. The first kappa shape index (κ1) is 13.3. The molecule has 20 heavy (non-hydrogen) atoms. The number of benzene rings is 1. The normalized spacial score (nSPS) is 10.1. The van der Waals surface area contributed by atoms with Crippen LogP contribution in [0.2, 0.25) is 0 Å². The fourth-order valence-corrected chi connectivity index (χ4v) is 1.48. The summed E-state index contributed by atoms with van der Waals surface area (Å²) in [5, 5.41) is 10.9. The van der Waals surface area contributed by atoms with Crippen molar-refractivity contribution in [3.05, 3.63) is 34.4 Å². The van der Waals surface area contributed by atoms with Crippen molar-refractivity contribution in [2.45, 2.75) is 0 Å². The van der Waals surface area contributed by atoms with Crippen LogP contribution in [0.15, 0.2) is 24.3 Å². The number of rotatable bonds is 4. The third-order valence-electron chi connectivity index (χ3n) is 2.32. The zero-order valence-corrected chi connectivity index (χ0v) is 10.4. The lowest BCUT2D eigenvalue weighted by Crippen LogP contribution is -2.01. The smallest absolute Gasteiger partial charge is 0.311 e. The SMILES string of the molecule is COc1ccc([N+](=O)[O-])c(Oc2cc(N)nc(N)n2)c1. The van der Waals surface area contributed by atoms with E-state index in [4.69, 9.17) is 20.9 Å². The van der Waals surface area contributed by atoms with Gasteiger partial charge in [0.25, 0.3) is 0 Å². The molecule has 0 bridgehead atoms. The second-order valence-corrected chi connectivity index (χ2v) is 3.68. The molecule has 0 amide bonds. The number of nitrogen functional groups attached to an aromatic ring is 2. The monoisotopic (exact) mass is 277 g/mol. The quantitative estimate of drug-likeness (QED) is 0.630. The van der Waals surface area contributed by atoms with Crippen molar-refractivity contribution in [1.29, 1.82) is 0 Å². The predicted octanol–water partition coefficient (Wildman–Crippen LogP) is 1.35. The average molecular weight is 277 g/mol. The van der Waals surface area contributed by atoms with Gasteiger partial charge < -0.3 is 20.9 Å². The lowest BCUT2D eigenvalue weighted by Gasteiger charge is -2.08. The molecular formula is C11H11N5O4. The molecule has 0 aliphatic heterocycles. The lowest BCUT2D eigenvalue weighted by atomic mass is 10.3. The van der Waals surface area contributed by atoms with Gasteiger partial charge in [-0.25, -0.2) is 0 Å². The van der Waals surface area contributed by atoms with Crippen LogP contribution in [0.1, 0.15) is 0 Å². The molecule has 1 aromatic carbocycles. The number of hydrogen-bond donors (Lipinski definition) is 2. The molecule has 2 rings (SSSR count). The van der Waals surface area contributed by atoms with Gasteiger partial charge in [0, 0.05) is 18.2 Å². The number of anilines is 2. The first-order valence-electron chi connectivity index (χ1n) is 5.40. The Balaban J connectivity index is 2.42. The van der Waals surface area contributed by atoms with E-state index in [9.17, 15) is 10.1 Å². The molecule has 0 aliphatic carbocycles. The summed E-state index contributed by atoms with van der Waals surface area (Å²) < 4.78 is 10.3. The van der Waals surface area contributed by atoms with Crippen molar-refractivity contribution in [2.24, 2.45) is 0 Å². The Labute approximate surface area is 113 Å². The van der Waals surface area contributed by atoms with Crippen molar-refractivity contribution in [2.75, 3.05) is 18.6 Å². The first-order chi connectivity index (χ1) is 9.49. The van der Waals surface area contributed by atoms with Crippen LogP contribution in [0, 0.1) is 10.1 Å². The van der Waals surface area contributed by atoms with Gasteiger partial charge in [0.2, 0.25) is 17.6 Å². The topological polar surface area (TPSA) is 139 Å². The van der Waals surface area contributed by atoms with Gasteiger partial charge in [-0.1, -0.05) is 0 Å². The maximum Gasteiger partial charge on any atom is 0.311 e. The van der Waals surface area contributed by atoms with E-state index in [-0.39, 0.29) is 29.1 Å².